The second-order valence-electron chi connectivity index (χ2n) is 5.65. The number of rotatable bonds is 2. The van der Waals surface area contributed by atoms with E-state index in [4.69, 9.17) is 10.2 Å². The van der Waals surface area contributed by atoms with Crippen molar-refractivity contribution in [3.8, 4) is 0 Å². The van der Waals surface area contributed by atoms with Crippen LogP contribution in [0, 0.1) is 0 Å². The van der Waals surface area contributed by atoms with Gasteiger partial charge in [0.1, 0.15) is 5.52 Å². The van der Waals surface area contributed by atoms with Gasteiger partial charge in [0.15, 0.2) is 5.58 Å². The molecule has 1 aliphatic heterocycles. The van der Waals surface area contributed by atoms with Gasteiger partial charge in [0.05, 0.1) is 12.1 Å². The fourth-order valence-electron chi connectivity index (χ4n) is 2.71. The number of benzene rings is 1. The summed E-state index contributed by atoms with van der Waals surface area (Å²) in [5.41, 5.74) is 7.34. The summed E-state index contributed by atoms with van der Waals surface area (Å²) in [4.78, 5) is 6.63. The van der Waals surface area contributed by atoms with Crippen LogP contribution >= 0.6 is 0 Å². The highest BCUT2D eigenvalue weighted by Gasteiger charge is 2.28. The molecular formula is C14H19N3O2. The first-order valence-corrected chi connectivity index (χ1v) is 6.62. The summed E-state index contributed by atoms with van der Waals surface area (Å²) >= 11 is 0. The molecule has 1 saturated heterocycles. The van der Waals surface area contributed by atoms with Crippen LogP contribution in [0.1, 0.15) is 25.7 Å². The van der Waals surface area contributed by atoms with Gasteiger partial charge in [-0.25, -0.2) is 4.98 Å². The number of hydrogen-bond donors (Lipinski definition) is 2. The highest BCUT2D eigenvalue weighted by atomic mass is 16.3. The molecule has 19 heavy (non-hydrogen) atoms. The Balaban J connectivity index is 1.77. The van der Waals surface area contributed by atoms with Gasteiger partial charge < -0.3 is 15.3 Å². The van der Waals surface area contributed by atoms with Gasteiger partial charge >= 0.3 is 0 Å². The van der Waals surface area contributed by atoms with Crippen LogP contribution in [0.2, 0.25) is 0 Å². The number of likely N-dealkylation sites (tertiary alicyclic amines) is 1. The molecule has 1 unspecified atom stereocenters. The number of aromatic nitrogens is 1. The fourth-order valence-corrected chi connectivity index (χ4v) is 2.71. The average molecular weight is 261 g/mol. The van der Waals surface area contributed by atoms with E-state index in [-0.39, 0.29) is 0 Å². The molecule has 0 spiro atoms. The molecule has 0 bridgehead atoms. The SMILES string of the molecule is CC1(O)CCCN(Cc2nc3ccc(N)cc3o2)C1. The quantitative estimate of drug-likeness (QED) is 0.806. The predicted molar refractivity (Wildman–Crippen MR) is 73.6 cm³/mol. The van der Waals surface area contributed by atoms with Gasteiger partial charge in [0.25, 0.3) is 0 Å². The minimum atomic E-state index is -0.602. The van der Waals surface area contributed by atoms with Crippen molar-refractivity contribution >= 4 is 16.8 Å². The first kappa shape index (κ1) is 12.4. The molecule has 1 aromatic carbocycles. The number of β-amino-alcohol motifs (C(OH)–C–C–N with tert-alkyl or cyclic N) is 1. The molecule has 3 rings (SSSR count). The number of hydrogen-bond acceptors (Lipinski definition) is 5. The number of nitrogen functional groups attached to an aromatic ring is 1. The minimum absolute atomic E-state index is 0.602. The lowest BCUT2D eigenvalue weighted by Gasteiger charge is -2.36. The van der Waals surface area contributed by atoms with Crippen LogP contribution in [0.15, 0.2) is 22.6 Å². The molecule has 102 valence electrons. The molecule has 0 amide bonds. The van der Waals surface area contributed by atoms with Gasteiger partial charge in [-0.15, -0.1) is 0 Å². The lowest BCUT2D eigenvalue weighted by atomic mass is 9.95. The first-order valence-electron chi connectivity index (χ1n) is 6.62. The second-order valence-corrected chi connectivity index (χ2v) is 5.65. The monoisotopic (exact) mass is 261 g/mol. The third kappa shape index (κ3) is 2.72. The highest BCUT2D eigenvalue weighted by molar-refractivity contribution is 5.76. The zero-order valence-electron chi connectivity index (χ0n) is 11.1. The summed E-state index contributed by atoms with van der Waals surface area (Å²) in [7, 11) is 0. The summed E-state index contributed by atoms with van der Waals surface area (Å²) in [6.45, 7) is 4.14. The highest BCUT2D eigenvalue weighted by Crippen LogP contribution is 2.23. The van der Waals surface area contributed by atoms with E-state index in [1.54, 1.807) is 6.07 Å². The van der Waals surface area contributed by atoms with Gasteiger partial charge in [-0.05, 0) is 38.4 Å². The summed E-state index contributed by atoms with van der Waals surface area (Å²) in [6.07, 6.45) is 1.85. The zero-order valence-corrected chi connectivity index (χ0v) is 11.1. The van der Waals surface area contributed by atoms with Crippen molar-refractivity contribution in [1.29, 1.82) is 0 Å². The largest absolute Gasteiger partial charge is 0.439 e. The molecule has 3 N–H and O–H groups in total. The van der Waals surface area contributed by atoms with E-state index in [9.17, 15) is 5.11 Å². The lowest BCUT2D eigenvalue weighted by Crippen LogP contribution is -2.45. The van der Waals surface area contributed by atoms with E-state index in [0.717, 1.165) is 30.5 Å². The molecule has 0 aliphatic carbocycles. The molecule has 1 atom stereocenters. The van der Waals surface area contributed by atoms with Crippen LogP contribution in [0.3, 0.4) is 0 Å². The van der Waals surface area contributed by atoms with Gasteiger partial charge in [-0.3, -0.25) is 4.90 Å². The maximum Gasteiger partial charge on any atom is 0.209 e. The number of nitrogens with two attached hydrogens (primary N) is 1. The lowest BCUT2D eigenvalue weighted by molar-refractivity contribution is -0.0201. The number of anilines is 1. The van der Waals surface area contributed by atoms with E-state index in [1.807, 2.05) is 19.1 Å². The van der Waals surface area contributed by atoms with Crippen LogP contribution in [-0.2, 0) is 6.54 Å². The van der Waals surface area contributed by atoms with Crippen LogP contribution < -0.4 is 5.73 Å². The Morgan fingerprint density at radius 1 is 1.53 bits per heavy atom. The Morgan fingerprint density at radius 2 is 2.37 bits per heavy atom. The summed E-state index contributed by atoms with van der Waals surface area (Å²) in [5, 5.41) is 10.1. The van der Waals surface area contributed by atoms with Crippen molar-refractivity contribution in [2.45, 2.75) is 31.9 Å². The Bertz CT molecular complexity index is 591. The van der Waals surface area contributed by atoms with E-state index >= 15 is 0 Å². The van der Waals surface area contributed by atoms with E-state index in [0.29, 0.717) is 24.7 Å². The average Bonchev–Trinajstić information content (AvgIpc) is 2.68. The maximum atomic E-state index is 10.1. The van der Waals surface area contributed by atoms with Crippen molar-refractivity contribution in [2.75, 3.05) is 18.8 Å². The molecule has 2 heterocycles. The topological polar surface area (TPSA) is 75.5 Å². The third-order valence-electron chi connectivity index (χ3n) is 3.57. The Labute approximate surface area is 112 Å². The van der Waals surface area contributed by atoms with Crippen molar-refractivity contribution in [3.05, 3.63) is 24.1 Å². The molecule has 1 aliphatic rings. The van der Waals surface area contributed by atoms with E-state index < -0.39 is 5.60 Å². The number of nitrogens with zero attached hydrogens (tertiary/aromatic N) is 2. The number of piperidine rings is 1. The Hall–Kier alpha value is -1.59. The fraction of sp³-hybridized carbons (Fsp3) is 0.500. The van der Waals surface area contributed by atoms with Gasteiger partial charge in [0.2, 0.25) is 5.89 Å². The number of fused-ring (bicyclic) bond motifs is 1. The molecule has 0 saturated carbocycles. The Morgan fingerprint density at radius 3 is 3.16 bits per heavy atom. The van der Waals surface area contributed by atoms with Crippen molar-refractivity contribution < 1.29 is 9.52 Å². The summed E-state index contributed by atoms with van der Waals surface area (Å²) < 4.78 is 5.71. The van der Waals surface area contributed by atoms with Crippen molar-refractivity contribution in [1.82, 2.24) is 9.88 Å². The van der Waals surface area contributed by atoms with E-state index in [1.165, 1.54) is 0 Å². The molecular weight excluding hydrogens is 242 g/mol. The normalized spacial score (nSPS) is 24.9. The smallest absolute Gasteiger partial charge is 0.209 e. The zero-order chi connectivity index (χ0) is 13.5. The van der Waals surface area contributed by atoms with Crippen LogP contribution in [-0.4, -0.2) is 33.7 Å². The molecule has 2 aromatic rings. The predicted octanol–water partition coefficient (Wildman–Crippen LogP) is 1.76. The van der Waals surface area contributed by atoms with Crippen LogP contribution in [0.4, 0.5) is 5.69 Å². The van der Waals surface area contributed by atoms with Crippen molar-refractivity contribution in [3.63, 3.8) is 0 Å². The summed E-state index contributed by atoms with van der Waals surface area (Å²) in [5.74, 6) is 0.679. The standard InChI is InChI=1S/C14H19N3O2/c1-14(18)5-2-6-17(9-14)8-13-16-11-4-3-10(15)7-12(11)19-13/h3-4,7,18H,2,5-6,8-9,15H2,1H3. The minimum Gasteiger partial charge on any atom is -0.439 e. The van der Waals surface area contributed by atoms with Gasteiger partial charge in [0, 0.05) is 18.3 Å². The van der Waals surface area contributed by atoms with Crippen molar-refractivity contribution in [2.24, 2.45) is 0 Å². The van der Waals surface area contributed by atoms with E-state index in [2.05, 4.69) is 9.88 Å². The van der Waals surface area contributed by atoms with Crippen LogP contribution in [0.5, 0.6) is 0 Å². The molecule has 1 fully saturated rings. The molecule has 5 nitrogen and oxygen atoms in total. The third-order valence-corrected chi connectivity index (χ3v) is 3.57. The molecule has 5 heteroatoms. The number of aliphatic hydroxyl groups is 1. The van der Waals surface area contributed by atoms with Crippen LogP contribution in [0.25, 0.3) is 11.1 Å². The molecule has 0 radical (unpaired) electrons. The van der Waals surface area contributed by atoms with Gasteiger partial charge in [-0.1, -0.05) is 0 Å². The number of oxazole rings is 1. The summed E-state index contributed by atoms with van der Waals surface area (Å²) in [6, 6.07) is 5.47. The second kappa shape index (κ2) is 4.51. The first-order chi connectivity index (χ1) is 9.02. The maximum absolute atomic E-state index is 10.1. The molecule has 1 aromatic heterocycles. The Kier molecular flexibility index (Phi) is 2.95. The van der Waals surface area contributed by atoms with Gasteiger partial charge in [-0.2, -0.15) is 0 Å².